The number of hydrogen-bond donors (Lipinski definition) is 1. The van der Waals surface area contributed by atoms with Crippen molar-refractivity contribution in [2.24, 2.45) is 11.7 Å². The van der Waals surface area contributed by atoms with E-state index >= 15 is 0 Å². The van der Waals surface area contributed by atoms with Crippen molar-refractivity contribution in [3.8, 4) is 0 Å². The molecule has 1 fully saturated rings. The maximum Gasteiger partial charge on any atom is 0.0113 e. The molecular formula is C11H25N3. The first kappa shape index (κ1) is 12.0. The van der Waals surface area contributed by atoms with E-state index in [-0.39, 0.29) is 0 Å². The Kier molecular flexibility index (Phi) is 4.85. The highest BCUT2D eigenvalue weighted by Crippen LogP contribution is 2.12. The van der Waals surface area contributed by atoms with Crippen LogP contribution in [0.2, 0.25) is 0 Å². The smallest absolute Gasteiger partial charge is 0.0113 e. The minimum atomic E-state index is 0.718. The van der Waals surface area contributed by atoms with Crippen LogP contribution in [-0.4, -0.2) is 55.1 Å². The molecule has 0 radical (unpaired) electrons. The van der Waals surface area contributed by atoms with Gasteiger partial charge in [-0.25, -0.2) is 0 Å². The highest BCUT2D eigenvalue weighted by atomic mass is 15.3. The predicted molar refractivity (Wildman–Crippen MR) is 61.4 cm³/mol. The van der Waals surface area contributed by atoms with Gasteiger partial charge in [-0.3, -0.25) is 9.80 Å². The van der Waals surface area contributed by atoms with Gasteiger partial charge in [0.2, 0.25) is 0 Å². The molecule has 1 unspecified atom stereocenters. The normalized spacial score (nSPS) is 22.9. The molecule has 0 aromatic rings. The zero-order valence-corrected chi connectivity index (χ0v) is 9.87. The number of piperazine rings is 1. The summed E-state index contributed by atoms with van der Waals surface area (Å²) in [5.41, 5.74) is 5.55. The topological polar surface area (TPSA) is 32.5 Å². The van der Waals surface area contributed by atoms with Crippen molar-refractivity contribution in [1.82, 2.24) is 9.80 Å². The van der Waals surface area contributed by atoms with Crippen LogP contribution in [0.1, 0.15) is 20.8 Å². The van der Waals surface area contributed by atoms with Crippen LogP contribution in [0.5, 0.6) is 0 Å². The summed E-state index contributed by atoms with van der Waals surface area (Å²) < 4.78 is 0. The summed E-state index contributed by atoms with van der Waals surface area (Å²) in [6.07, 6.45) is 0. The van der Waals surface area contributed by atoms with Crippen LogP contribution in [0, 0.1) is 5.92 Å². The molecule has 1 saturated heterocycles. The fourth-order valence-electron chi connectivity index (χ4n) is 2.00. The van der Waals surface area contributed by atoms with Gasteiger partial charge in [-0.05, 0) is 12.8 Å². The summed E-state index contributed by atoms with van der Waals surface area (Å²) in [5, 5.41) is 0. The summed E-state index contributed by atoms with van der Waals surface area (Å²) in [5.74, 6) is 0.760. The van der Waals surface area contributed by atoms with Crippen molar-refractivity contribution in [3.63, 3.8) is 0 Å². The number of nitrogens with two attached hydrogens (primary N) is 1. The average Bonchev–Trinajstić information content (AvgIpc) is 2.18. The fourth-order valence-corrected chi connectivity index (χ4v) is 2.00. The second-order valence-corrected chi connectivity index (χ2v) is 4.65. The van der Waals surface area contributed by atoms with E-state index in [0.29, 0.717) is 0 Å². The standard InChI is InChI=1S/C11H25N3/c1-10(2)11(3)14-8-6-13(5-4-12)7-9-14/h10-11H,4-9,12H2,1-3H3. The second-order valence-electron chi connectivity index (χ2n) is 4.65. The molecule has 1 aliphatic rings. The van der Waals surface area contributed by atoms with E-state index in [2.05, 4.69) is 30.6 Å². The molecule has 0 amide bonds. The van der Waals surface area contributed by atoms with E-state index in [1.54, 1.807) is 0 Å². The lowest BCUT2D eigenvalue weighted by Crippen LogP contribution is -2.51. The quantitative estimate of drug-likeness (QED) is 0.720. The Bertz CT molecular complexity index is 151. The van der Waals surface area contributed by atoms with Crippen molar-refractivity contribution in [1.29, 1.82) is 0 Å². The molecule has 1 aliphatic heterocycles. The molecule has 14 heavy (non-hydrogen) atoms. The number of hydrogen-bond acceptors (Lipinski definition) is 3. The number of rotatable bonds is 4. The monoisotopic (exact) mass is 199 g/mol. The van der Waals surface area contributed by atoms with Crippen molar-refractivity contribution >= 4 is 0 Å². The van der Waals surface area contributed by atoms with E-state index in [9.17, 15) is 0 Å². The third-order valence-corrected chi connectivity index (χ3v) is 3.39. The lowest BCUT2D eigenvalue weighted by Gasteiger charge is -2.39. The Morgan fingerprint density at radius 2 is 1.64 bits per heavy atom. The molecule has 0 aliphatic carbocycles. The molecule has 84 valence electrons. The average molecular weight is 199 g/mol. The second kappa shape index (κ2) is 5.69. The fraction of sp³-hybridized carbons (Fsp3) is 1.00. The van der Waals surface area contributed by atoms with Gasteiger partial charge in [-0.15, -0.1) is 0 Å². The summed E-state index contributed by atoms with van der Waals surface area (Å²) in [4.78, 5) is 5.06. The minimum absolute atomic E-state index is 0.718. The van der Waals surface area contributed by atoms with Gasteiger partial charge in [-0.1, -0.05) is 13.8 Å². The summed E-state index contributed by atoms with van der Waals surface area (Å²) in [6.45, 7) is 13.6. The van der Waals surface area contributed by atoms with Crippen LogP contribution in [0.15, 0.2) is 0 Å². The van der Waals surface area contributed by atoms with Gasteiger partial charge in [0, 0.05) is 45.3 Å². The third kappa shape index (κ3) is 3.23. The van der Waals surface area contributed by atoms with Crippen LogP contribution < -0.4 is 5.73 Å². The lowest BCUT2D eigenvalue weighted by molar-refractivity contribution is 0.0859. The molecule has 0 aromatic heterocycles. The van der Waals surface area contributed by atoms with Crippen molar-refractivity contribution < 1.29 is 0 Å². The van der Waals surface area contributed by atoms with Crippen molar-refractivity contribution in [2.75, 3.05) is 39.3 Å². The molecule has 1 rings (SSSR count). The van der Waals surface area contributed by atoms with Gasteiger partial charge in [0.25, 0.3) is 0 Å². The van der Waals surface area contributed by atoms with Crippen LogP contribution in [0.25, 0.3) is 0 Å². The Morgan fingerprint density at radius 3 is 2.07 bits per heavy atom. The largest absolute Gasteiger partial charge is 0.329 e. The van der Waals surface area contributed by atoms with Gasteiger partial charge >= 0.3 is 0 Å². The Balaban J connectivity index is 2.28. The van der Waals surface area contributed by atoms with Gasteiger partial charge in [0.05, 0.1) is 0 Å². The summed E-state index contributed by atoms with van der Waals surface area (Å²) in [6, 6.07) is 0.718. The molecule has 0 spiro atoms. The van der Waals surface area contributed by atoms with Gasteiger partial charge in [-0.2, -0.15) is 0 Å². The van der Waals surface area contributed by atoms with Crippen molar-refractivity contribution in [2.45, 2.75) is 26.8 Å². The molecular weight excluding hydrogens is 174 g/mol. The molecule has 3 nitrogen and oxygen atoms in total. The van der Waals surface area contributed by atoms with E-state index < -0.39 is 0 Å². The van der Waals surface area contributed by atoms with Gasteiger partial charge < -0.3 is 5.73 Å². The van der Waals surface area contributed by atoms with Crippen LogP contribution >= 0.6 is 0 Å². The van der Waals surface area contributed by atoms with Crippen LogP contribution in [-0.2, 0) is 0 Å². The molecule has 1 heterocycles. The highest BCUT2D eigenvalue weighted by molar-refractivity contribution is 4.77. The van der Waals surface area contributed by atoms with E-state index in [1.165, 1.54) is 26.2 Å². The number of nitrogens with zero attached hydrogens (tertiary/aromatic N) is 2. The first-order valence-corrected chi connectivity index (χ1v) is 5.81. The Morgan fingerprint density at radius 1 is 1.07 bits per heavy atom. The van der Waals surface area contributed by atoms with Crippen LogP contribution in [0.3, 0.4) is 0 Å². The van der Waals surface area contributed by atoms with Crippen molar-refractivity contribution in [3.05, 3.63) is 0 Å². The lowest BCUT2D eigenvalue weighted by atomic mass is 10.0. The van der Waals surface area contributed by atoms with Crippen LogP contribution in [0.4, 0.5) is 0 Å². The summed E-state index contributed by atoms with van der Waals surface area (Å²) in [7, 11) is 0. The summed E-state index contributed by atoms with van der Waals surface area (Å²) >= 11 is 0. The van der Waals surface area contributed by atoms with E-state index in [4.69, 9.17) is 5.73 Å². The molecule has 3 heteroatoms. The first-order valence-electron chi connectivity index (χ1n) is 5.81. The van der Waals surface area contributed by atoms with Gasteiger partial charge in [0.15, 0.2) is 0 Å². The Labute approximate surface area is 88.2 Å². The molecule has 0 saturated carbocycles. The Hall–Kier alpha value is -0.120. The zero-order chi connectivity index (χ0) is 10.6. The van der Waals surface area contributed by atoms with Gasteiger partial charge in [0.1, 0.15) is 0 Å². The third-order valence-electron chi connectivity index (χ3n) is 3.39. The zero-order valence-electron chi connectivity index (χ0n) is 9.87. The maximum absolute atomic E-state index is 5.55. The molecule has 2 N–H and O–H groups in total. The maximum atomic E-state index is 5.55. The predicted octanol–water partition coefficient (Wildman–Crippen LogP) is 0.607. The molecule has 0 aromatic carbocycles. The SMILES string of the molecule is CC(C)C(C)N1CCN(CCN)CC1. The highest BCUT2D eigenvalue weighted by Gasteiger charge is 2.21. The molecule has 0 bridgehead atoms. The van der Waals surface area contributed by atoms with E-state index in [1.807, 2.05) is 0 Å². The first-order chi connectivity index (χ1) is 6.65. The molecule has 1 atom stereocenters. The minimum Gasteiger partial charge on any atom is -0.329 e. The van der Waals surface area contributed by atoms with E-state index in [0.717, 1.165) is 25.0 Å².